The number of hydrogen-bond donors (Lipinski definition) is 1. The van der Waals surface area contributed by atoms with E-state index in [2.05, 4.69) is 15.5 Å². The summed E-state index contributed by atoms with van der Waals surface area (Å²) < 4.78 is 13.0. The van der Waals surface area contributed by atoms with Crippen molar-refractivity contribution in [3.63, 3.8) is 0 Å². The molecule has 2 heterocycles. The molecule has 1 amide bonds. The second-order valence-corrected chi connectivity index (χ2v) is 9.45. The fourth-order valence-electron chi connectivity index (χ4n) is 3.56. The van der Waals surface area contributed by atoms with Gasteiger partial charge in [-0.1, -0.05) is 65.8 Å². The Morgan fingerprint density at radius 1 is 1.06 bits per heavy atom. The minimum Gasteiger partial charge on any atom is -0.454 e. The first-order valence-electron chi connectivity index (χ1n) is 10.7. The van der Waals surface area contributed by atoms with Gasteiger partial charge in [0.05, 0.1) is 11.8 Å². The average molecular weight is 493 g/mol. The number of thioether (sulfide) groups is 1. The minimum atomic E-state index is -0.415. The van der Waals surface area contributed by atoms with Gasteiger partial charge in [0, 0.05) is 16.3 Å². The van der Waals surface area contributed by atoms with Crippen molar-refractivity contribution in [2.45, 2.75) is 23.9 Å². The van der Waals surface area contributed by atoms with Crippen LogP contribution in [-0.2, 0) is 11.3 Å². The molecule has 0 saturated heterocycles. The SMILES string of the molecule is CC(Sc1nnc(-c2ccccc2)n1Cc1ccc2c(c1)OCO2)C(=O)Nc1cccc(Cl)c1. The lowest BCUT2D eigenvalue weighted by Crippen LogP contribution is -2.23. The normalized spacial score (nSPS) is 13.0. The summed E-state index contributed by atoms with van der Waals surface area (Å²) in [6, 6.07) is 22.8. The Labute approximate surface area is 206 Å². The Kier molecular flexibility index (Phi) is 6.42. The van der Waals surface area contributed by atoms with Crippen LogP contribution in [0, 0.1) is 0 Å². The van der Waals surface area contributed by atoms with Gasteiger partial charge in [-0.15, -0.1) is 10.2 Å². The van der Waals surface area contributed by atoms with E-state index in [0.717, 1.165) is 28.5 Å². The first kappa shape index (κ1) is 22.3. The van der Waals surface area contributed by atoms with Crippen molar-refractivity contribution < 1.29 is 14.3 Å². The highest BCUT2D eigenvalue weighted by Gasteiger charge is 2.22. The van der Waals surface area contributed by atoms with Crippen LogP contribution < -0.4 is 14.8 Å². The quantitative estimate of drug-likeness (QED) is 0.343. The number of halogens is 1. The smallest absolute Gasteiger partial charge is 0.237 e. The lowest BCUT2D eigenvalue weighted by Gasteiger charge is -2.14. The summed E-state index contributed by atoms with van der Waals surface area (Å²) >= 11 is 7.39. The van der Waals surface area contributed by atoms with Gasteiger partial charge >= 0.3 is 0 Å². The van der Waals surface area contributed by atoms with Crippen LogP contribution in [-0.4, -0.2) is 32.7 Å². The summed E-state index contributed by atoms with van der Waals surface area (Å²) in [6.07, 6.45) is 0. The predicted molar refractivity (Wildman–Crippen MR) is 133 cm³/mol. The number of nitrogens with zero attached hydrogens (tertiary/aromatic N) is 3. The number of ether oxygens (including phenoxy) is 2. The number of fused-ring (bicyclic) bond motifs is 1. The van der Waals surface area contributed by atoms with E-state index < -0.39 is 5.25 Å². The molecule has 0 bridgehead atoms. The third-order valence-electron chi connectivity index (χ3n) is 5.27. The molecule has 1 aliphatic heterocycles. The first-order valence-corrected chi connectivity index (χ1v) is 11.9. The fraction of sp³-hybridized carbons (Fsp3) is 0.160. The number of aromatic nitrogens is 3. The van der Waals surface area contributed by atoms with Gasteiger partial charge in [-0.25, -0.2) is 0 Å². The molecule has 1 atom stereocenters. The maximum absolute atomic E-state index is 12.8. The van der Waals surface area contributed by atoms with Crippen molar-refractivity contribution in [3.8, 4) is 22.9 Å². The van der Waals surface area contributed by atoms with Gasteiger partial charge in [0.2, 0.25) is 12.7 Å². The van der Waals surface area contributed by atoms with E-state index >= 15 is 0 Å². The molecule has 1 N–H and O–H groups in total. The molecule has 4 aromatic rings. The van der Waals surface area contributed by atoms with Crippen LogP contribution >= 0.6 is 23.4 Å². The van der Waals surface area contributed by atoms with Crippen LogP contribution in [0.25, 0.3) is 11.4 Å². The van der Waals surface area contributed by atoms with Gasteiger partial charge in [0.25, 0.3) is 0 Å². The highest BCUT2D eigenvalue weighted by molar-refractivity contribution is 8.00. The second kappa shape index (κ2) is 9.79. The van der Waals surface area contributed by atoms with Gasteiger partial charge in [-0.3, -0.25) is 9.36 Å². The van der Waals surface area contributed by atoms with Crippen molar-refractivity contribution in [2.75, 3.05) is 12.1 Å². The third-order valence-corrected chi connectivity index (χ3v) is 6.59. The molecule has 1 aromatic heterocycles. The summed E-state index contributed by atoms with van der Waals surface area (Å²) in [5.41, 5.74) is 2.61. The minimum absolute atomic E-state index is 0.147. The molecule has 1 unspecified atom stereocenters. The van der Waals surface area contributed by atoms with Crippen LogP contribution in [0.5, 0.6) is 11.5 Å². The molecule has 0 radical (unpaired) electrons. The molecule has 0 spiro atoms. The van der Waals surface area contributed by atoms with Crippen molar-refractivity contribution in [1.82, 2.24) is 14.8 Å². The largest absolute Gasteiger partial charge is 0.454 e. The van der Waals surface area contributed by atoms with E-state index in [1.807, 2.05) is 60.0 Å². The molecule has 34 heavy (non-hydrogen) atoms. The van der Waals surface area contributed by atoms with Gasteiger partial charge < -0.3 is 14.8 Å². The zero-order valence-corrected chi connectivity index (χ0v) is 19.8. The van der Waals surface area contributed by atoms with Crippen LogP contribution in [0.15, 0.2) is 78.0 Å². The lowest BCUT2D eigenvalue weighted by atomic mass is 10.2. The molecule has 3 aromatic carbocycles. The monoisotopic (exact) mass is 492 g/mol. The number of carbonyl (C=O) groups excluding carboxylic acids is 1. The number of anilines is 1. The maximum Gasteiger partial charge on any atom is 0.237 e. The van der Waals surface area contributed by atoms with E-state index in [-0.39, 0.29) is 12.7 Å². The highest BCUT2D eigenvalue weighted by atomic mass is 35.5. The van der Waals surface area contributed by atoms with Crippen molar-refractivity contribution >= 4 is 35.0 Å². The molecule has 1 aliphatic rings. The molecule has 172 valence electrons. The highest BCUT2D eigenvalue weighted by Crippen LogP contribution is 2.34. The number of carbonyl (C=O) groups is 1. The first-order chi connectivity index (χ1) is 16.6. The Morgan fingerprint density at radius 3 is 2.71 bits per heavy atom. The maximum atomic E-state index is 12.8. The van der Waals surface area contributed by atoms with Crippen molar-refractivity contribution in [1.29, 1.82) is 0 Å². The second-order valence-electron chi connectivity index (χ2n) is 7.71. The molecule has 5 rings (SSSR count). The number of rotatable bonds is 7. The van der Waals surface area contributed by atoms with Crippen molar-refractivity contribution in [3.05, 3.63) is 83.4 Å². The number of nitrogens with one attached hydrogen (secondary N) is 1. The molecule has 0 saturated carbocycles. The van der Waals surface area contributed by atoms with E-state index in [4.69, 9.17) is 21.1 Å². The molecular weight excluding hydrogens is 472 g/mol. The van der Waals surface area contributed by atoms with Gasteiger partial charge in [-0.05, 0) is 42.8 Å². The Bertz CT molecular complexity index is 1330. The molecule has 7 nitrogen and oxygen atoms in total. The number of benzene rings is 3. The van der Waals surface area contributed by atoms with Gasteiger partial charge in [0.1, 0.15) is 0 Å². The van der Waals surface area contributed by atoms with Crippen LogP contribution in [0.4, 0.5) is 5.69 Å². The summed E-state index contributed by atoms with van der Waals surface area (Å²) in [6.45, 7) is 2.58. The Hall–Kier alpha value is -3.49. The summed E-state index contributed by atoms with van der Waals surface area (Å²) in [5.74, 6) is 2.03. The third kappa shape index (κ3) is 4.88. The van der Waals surface area contributed by atoms with E-state index in [1.165, 1.54) is 11.8 Å². The number of hydrogen-bond acceptors (Lipinski definition) is 6. The predicted octanol–water partition coefficient (Wildman–Crippen LogP) is 5.49. The Morgan fingerprint density at radius 2 is 1.88 bits per heavy atom. The summed E-state index contributed by atoms with van der Waals surface area (Å²) in [7, 11) is 0. The van der Waals surface area contributed by atoms with Crippen LogP contribution in [0.2, 0.25) is 5.02 Å². The summed E-state index contributed by atoms with van der Waals surface area (Å²) in [5, 5.41) is 12.6. The lowest BCUT2D eigenvalue weighted by molar-refractivity contribution is -0.115. The van der Waals surface area contributed by atoms with Crippen molar-refractivity contribution in [2.24, 2.45) is 0 Å². The van der Waals surface area contributed by atoms with Gasteiger partial charge in [-0.2, -0.15) is 0 Å². The molecule has 9 heteroatoms. The zero-order chi connectivity index (χ0) is 23.5. The molecule has 0 aliphatic carbocycles. The number of amides is 1. The summed E-state index contributed by atoms with van der Waals surface area (Å²) in [4.78, 5) is 12.8. The molecular formula is C25H21ClN4O3S. The topological polar surface area (TPSA) is 78.3 Å². The van der Waals surface area contributed by atoms with E-state index in [1.54, 1.807) is 24.3 Å². The fourth-order valence-corrected chi connectivity index (χ4v) is 4.60. The van der Waals surface area contributed by atoms with Gasteiger partial charge in [0.15, 0.2) is 22.5 Å². The zero-order valence-electron chi connectivity index (χ0n) is 18.3. The van der Waals surface area contributed by atoms with Crippen LogP contribution in [0.1, 0.15) is 12.5 Å². The molecule has 0 fully saturated rings. The van der Waals surface area contributed by atoms with Crippen LogP contribution in [0.3, 0.4) is 0 Å². The van der Waals surface area contributed by atoms with E-state index in [0.29, 0.717) is 22.4 Å². The standard InChI is InChI=1S/C25H21ClN4O3S/c1-16(24(31)27-20-9-5-8-19(26)13-20)34-25-29-28-23(18-6-3-2-4-7-18)30(25)14-17-10-11-21-22(12-17)33-15-32-21/h2-13,16H,14-15H2,1H3,(H,27,31). The Balaban J connectivity index is 1.41. The average Bonchev–Trinajstić information content (AvgIpc) is 3.46. The van der Waals surface area contributed by atoms with E-state index in [9.17, 15) is 4.79 Å².